The predicted molar refractivity (Wildman–Crippen MR) is 76.4 cm³/mol. The van der Waals surface area contributed by atoms with Crippen LogP contribution in [0.2, 0.25) is 0 Å². The van der Waals surface area contributed by atoms with Crippen LogP contribution in [-0.4, -0.2) is 39.7 Å². The van der Waals surface area contributed by atoms with E-state index < -0.39 is 30.2 Å². The highest BCUT2D eigenvalue weighted by Crippen LogP contribution is 2.14. The number of amides is 2. The predicted octanol–water partition coefficient (Wildman–Crippen LogP) is 0.130. The number of hydrogen-bond acceptors (Lipinski definition) is 6. The number of primary amides is 1. The monoisotopic (exact) mass is 317 g/mol. The van der Waals surface area contributed by atoms with Gasteiger partial charge in [-0.05, 0) is 6.92 Å². The van der Waals surface area contributed by atoms with Gasteiger partial charge in [0, 0.05) is 11.1 Å². The maximum absolute atomic E-state index is 11.6. The lowest BCUT2D eigenvalue weighted by Crippen LogP contribution is -2.44. The molecule has 0 aliphatic carbocycles. The van der Waals surface area contributed by atoms with Crippen LogP contribution in [0.15, 0.2) is 5.38 Å². The minimum Gasteiger partial charge on any atom is -0.480 e. The van der Waals surface area contributed by atoms with Crippen LogP contribution in [0.4, 0.5) is 0 Å². The Morgan fingerprint density at radius 3 is 2.75 bits per heavy atom. The van der Waals surface area contributed by atoms with Crippen LogP contribution >= 0.6 is 23.1 Å². The van der Waals surface area contributed by atoms with Crippen LogP contribution in [0.1, 0.15) is 17.1 Å². The van der Waals surface area contributed by atoms with Gasteiger partial charge in [-0.1, -0.05) is 0 Å². The molecule has 20 heavy (non-hydrogen) atoms. The fraction of sp³-hybridized carbons (Fsp3) is 0.455. The Morgan fingerprint density at radius 1 is 1.55 bits per heavy atom. The Hall–Kier alpha value is -1.61. The molecule has 9 heteroatoms. The van der Waals surface area contributed by atoms with Crippen molar-refractivity contribution in [2.75, 3.05) is 5.75 Å². The van der Waals surface area contributed by atoms with Crippen LogP contribution in [-0.2, 0) is 20.1 Å². The summed E-state index contributed by atoms with van der Waals surface area (Å²) in [6.07, 6.45) is -0.420. The zero-order chi connectivity index (χ0) is 15.1. The number of carbonyl (C=O) groups is 3. The molecular weight excluding hydrogens is 302 g/mol. The first kappa shape index (κ1) is 16.4. The van der Waals surface area contributed by atoms with E-state index in [4.69, 9.17) is 10.8 Å². The van der Waals surface area contributed by atoms with Gasteiger partial charge in [-0.2, -0.15) is 0 Å². The SMILES string of the molecule is Cc1nc(CSCC(=O)N[C@@H](CC(N)=O)C(=O)O)cs1. The molecule has 0 fully saturated rings. The molecule has 0 bridgehead atoms. The minimum absolute atomic E-state index is 0.0963. The number of carboxylic acids is 1. The van der Waals surface area contributed by atoms with Crippen molar-refractivity contribution in [1.29, 1.82) is 0 Å². The molecule has 1 rings (SSSR count). The smallest absolute Gasteiger partial charge is 0.326 e. The molecule has 0 aliphatic rings. The quantitative estimate of drug-likeness (QED) is 0.626. The Bertz CT molecular complexity index is 504. The Morgan fingerprint density at radius 2 is 2.25 bits per heavy atom. The number of hydrogen-bond donors (Lipinski definition) is 3. The van der Waals surface area contributed by atoms with Gasteiger partial charge in [0.25, 0.3) is 0 Å². The lowest BCUT2D eigenvalue weighted by molar-refractivity contribution is -0.143. The number of nitrogens with two attached hydrogens (primary N) is 1. The highest BCUT2D eigenvalue weighted by atomic mass is 32.2. The first-order valence-corrected chi connectivity index (χ1v) is 7.71. The molecule has 0 spiro atoms. The van der Waals surface area contributed by atoms with E-state index in [9.17, 15) is 14.4 Å². The van der Waals surface area contributed by atoms with Crippen molar-refractivity contribution in [1.82, 2.24) is 10.3 Å². The summed E-state index contributed by atoms with van der Waals surface area (Å²) < 4.78 is 0. The first-order chi connectivity index (χ1) is 9.38. The third-order valence-corrected chi connectivity index (χ3v) is 3.98. The summed E-state index contributed by atoms with van der Waals surface area (Å²) in [5.41, 5.74) is 5.81. The molecule has 0 aromatic carbocycles. The second-order valence-corrected chi connectivity index (χ2v) is 6.03. The fourth-order valence-electron chi connectivity index (χ4n) is 1.36. The number of aromatic nitrogens is 1. The summed E-state index contributed by atoms with van der Waals surface area (Å²) in [6.45, 7) is 1.90. The number of carbonyl (C=O) groups excluding carboxylic acids is 2. The molecule has 0 unspecified atom stereocenters. The Balaban J connectivity index is 2.34. The lowest BCUT2D eigenvalue weighted by Gasteiger charge is -2.12. The van der Waals surface area contributed by atoms with Crippen molar-refractivity contribution >= 4 is 40.9 Å². The van der Waals surface area contributed by atoms with Gasteiger partial charge in [-0.25, -0.2) is 9.78 Å². The van der Waals surface area contributed by atoms with Crippen LogP contribution in [0.5, 0.6) is 0 Å². The minimum atomic E-state index is -1.28. The van der Waals surface area contributed by atoms with E-state index >= 15 is 0 Å². The number of nitrogens with zero attached hydrogens (tertiary/aromatic N) is 1. The van der Waals surface area contributed by atoms with Gasteiger partial charge in [-0.3, -0.25) is 9.59 Å². The van der Waals surface area contributed by atoms with Crippen molar-refractivity contribution in [2.45, 2.75) is 25.1 Å². The fourth-order valence-corrected chi connectivity index (χ4v) is 2.81. The molecule has 1 atom stereocenters. The molecule has 0 saturated heterocycles. The highest BCUT2D eigenvalue weighted by molar-refractivity contribution is 7.99. The van der Waals surface area contributed by atoms with Gasteiger partial charge in [0.2, 0.25) is 11.8 Å². The van der Waals surface area contributed by atoms with E-state index in [0.717, 1.165) is 10.7 Å². The second-order valence-electron chi connectivity index (χ2n) is 3.98. The van der Waals surface area contributed by atoms with Crippen molar-refractivity contribution < 1.29 is 19.5 Å². The third-order valence-electron chi connectivity index (χ3n) is 2.19. The molecule has 110 valence electrons. The van der Waals surface area contributed by atoms with Gasteiger partial charge in [0.1, 0.15) is 6.04 Å². The first-order valence-electron chi connectivity index (χ1n) is 5.67. The average Bonchev–Trinajstić information content (AvgIpc) is 2.73. The molecule has 7 nitrogen and oxygen atoms in total. The molecule has 1 heterocycles. The molecule has 1 aromatic heterocycles. The number of nitrogens with one attached hydrogen (secondary N) is 1. The summed E-state index contributed by atoms with van der Waals surface area (Å²) in [6, 6.07) is -1.28. The standard InChI is InChI=1S/C11H15N3O4S2/c1-6-13-7(4-20-6)3-19-5-10(16)14-8(11(17)18)2-9(12)15/h4,8H,2-3,5H2,1H3,(H2,12,15)(H,14,16)(H,17,18)/t8-/m0/s1. The van der Waals surface area contributed by atoms with Crippen molar-refractivity contribution in [2.24, 2.45) is 5.73 Å². The molecular formula is C11H15N3O4S2. The molecule has 0 aliphatic heterocycles. The van der Waals surface area contributed by atoms with E-state index in [0.29, 0.717) is 5.75 Å². The van der Waals surface area contributed by atoms with E-state index in [1.807, 2.05) is 12.3 Å². The van der Waals surface area contributed by atoms with Crippen molar-refractivity contribution in [3.63, 3.8) is 0 Å². The van der Waals surface area contributed by atoms with Crippen LogP contribution in [0, 0.1) is 6.92 Å². The number of aliphatic carboxylic acids is 1. The van der Waals surface area contributed by atoms with Gasteiger partial charge in [0.15, 0.2) is 0 Å². The Kier molecular flexibility index (Phi) is 6.46. The van der Waals surface area contributed by atoms with Gasteiger partial charge in [0.05, 0.1) is 22.9 Å². The zero-order valence-corrected chi connectivity index (χ0v) is 12.4. The molecule has 4 N–H and O–H groups in total. The maximum Gasteiger partial charge on any atom is 0.326 e. The summed E-state index contributed by atoms with van der Waals surface area (Å²) in [5, 5.41) is 14.0. The summed E-state index contributed by atoms with van der Waals surface area (Å²) >= 11 is 2.85. The number of thiazole rings is 1. The van der Waals surface area contributed by atoms with Crippen LogP contribution in [0.25, 0.3) is 0 Å². The van der Waals surface area contributed by atoms with Crippen molar-refractivity contribution in [3.8, 4) is 0 Å². The number of thioether (sulfide) groups is 1. The molecule has 1 aromatic rings. The molecule has 2 amide bonds. The summed E-state index contributed by atoms with van der Waals surface area (Å²) in [5.74, 6) is -1.83. The largest absolute Gasteiger partial charge is 0.480 e. The van der Waals surface area contributed by atoms with Gasteiger partial charge in [-0.15, -0.1) is 23.1 Å². The van der Waals surface area contributed by atoms with Gasteiger partial charge < -0.3 is 16.2 Å². The molecule has 0 radical (unpaired) electrons. The third kappa shape index (κ3) is 6.02. The molecule has 0 saturated carbocycles. The Labute approximate surface area is 124 Å². The van der Waals surface area contributed by atoms with Crippen LogP contribution in [0.3, 0.4) is 0 Å². The van der Waals surface area contributed by atoms with E-state index in [1.54, 1.807) is 0 Å². The zero-order valence-electron chi connectivity index (χ0n) is 10.8. The number of aryl methyl sites for hydroxylation is 1. The topological polar surface area (TPSA) is 122 Å². The van der Waals surface area contributed by atoms with Crippen molar-refractivity contribution in [3.05, 3.63) is 16.1 Å². The lowest BCUT2D eigenvalue weighted by atomic mass is 10.2. The van der Waals surface area contributed by atoms with E-state index in [2.05, 4.69) is 10.3 Å². The highest BCUT2D eigenvalue weighted by Gasteiger charge is 2.21. The average molecular weight is 317 g/mol. The van der Waals surface area contributed by atoms with E-state index in [1.165, 1.54) is 23.1 Å². The normalized spacial score (nSPS) is 11.8. The number of carboxylic acid groups (broad SMARTS) is 1. The maximum atomic E-state index is 11.6. The van der Waals surface area contributed by atoms with E-state index in [-0.39, 0.29) is 5.75 Å². The summed E-state index contributed by atoms with van der Waals surface area (Å²) in [4.78, 5) is 37.3. The number of rotatable bonds is 8. The summed E-state index contributed by atoms with van der Waals surface area (Å²) in [7, 11) is 0. The van der Waals surface area contributed by atoms with Gasteiger partial charge >= 0.3 is 5.97 Å². The second kappa shape index (κ2) is 7.85. The van der Waals surface area contributed by atoms with Crippen LogP contribution < -0.4 is 11.1 Å².